The summed E-state index contributed by atoms with van der Waals surface area (Å²) in [5.74, 6) is -0.787. The van der Waals surface area contributed by atoms with Gasteiger partial charge in [-0.25, -0.2) is 9.78 Å². The minimum absolute atomic E-state index is 0.0362. The molecule has 326 valence electrons. The first-order valence-electron chi connectivity index (χ1n) is 21.8. The molecular weight excluding hydrogens is 806 g/mol. The minimum atomic E-state index is -4.69. The number of likely N-dealkylation sites (tertiary alicyclic amines) is 1. The fourth-order valence-corrected chi connectivity index (χ4v) is 11.1. The van der Waals surface area contributed by atoms with Crippen molar-refractivity contribution in [1.82, 2.24) is 29.2 Å². The molecule has 4 aromatic rings. The van der Waals surface area contributed by atoms with Crippen LogP contribution in [0.25, 0.3) is 11.0 Å². The maximum Gasteiger partial charge on any atom is 0.433 e. The van der Waals surface area contributed by atoms with E-state index < -0.39 is 29.7 Å². The quantitative estimate of drug-likeness (QED) is 0.224. The number of hydrogen-bond acceptors (Lipinski definition) is 9. The van der Waals surface area contributed by atoms with Crippen LogP contribution < -0.4 is 21.2 Å². The summed E-state index contributed by atoms with van der Waals surface area (Å²) >= 11 is 0. The zero-order valence-corrected chi connectivity index (χ0v) is 34.5. The van der Waals surface area contributed by atoms with Crippen LogP contribution in [0.1, 0.15) is 107 Å². The number of rotatable bonds is 8. The molecular formula is C45H49F3N8O6. The second kappa shape index (κ2) is 15.7. The lowest BCUT2D eigenvalue weighted by atomic mass is 9.83. The van der Waals surface area contributed by atoms with Crippen LogP contribution in [0.4, 0.5) is 24.5 Å². The van der Waals surface area contributed by atoms with E-state index in [1.807, 2.05) is 29.2 Å². The van der Waals surface area contributed by atoms with Crippen molar-refractivity contribution >= 4 is 46.0 Å². The fourth-order valence-electron chi connectivity index (χ4n) is 11.1. The number of alkyl halides is 3. The molecule has 3 atom stereocenters. The van der Waals surface area contributed by atoms with Crippen LogP contribution in [0.15, 0.2) is 53.3 Å². The Hall–Kier alpha value is -5.55. The second-order valence-electron chi connectivity index (χ2n) is 18.0. The summed E-state index contributed by atoms with van der Waals surface area (Å²) in [6.45, 7) is 4.35. The summed E-state index contributed by atoms with van der Waals surface area (Å²) < 4.78 is 49.3. The van der Waals surface area contributed by atoms with E-state index in [-0.39, 0.29) is 53.7 Å². The summed E-state index contributed by atoms with van der Waals surface area (Å²) in [5, 5.41) is 5.23. The van der Waals surface area contributed by atoms with Gasteiger partial charge >= 0.3 is 11.9 Å². The third kappa shape index (κ3) is 7.25. The number of piperidine rings is 2. The molecule has 1 unspecified atom stereocenters. The molecule has 17 heteroatoms. The van der Waals surface area contributed by atoms with Crippen LogP contribution in [0.5, 0.6) is 0 Å². The number of anilines is 2. The van der Waals surface area contributed by atoms with Crippen molar-refractivity contribution in [3.05, 3.63) is 87.1 Å². The molecule has 2 aromatic heterocycles. The van der Waals surface area contributed by atoms with Crippen molar-refractivity contribution in [1.29, 1.82) is 0 Å². The Morgan fingerprint density at radius 2 is 1.71 bits per heavy atom. The van der Waals surface area contributed by atoms with Gasteiger partial charge in [-0.2, -0.15) is 13.2 Å². The van der Waals surface area contributed by atoms with Gasteiger partial charge in [-0.1, -0.05) is 18.2 Å². The van der Waals surface area contributed by atoms with Crippen molar-refractivity contribution in [2.24, 2.45) is 13.0 Å². The van der Waals surface area contributed by atoms with E-state index in [1.54, 1.807) is 16.2 Å². The topological polar surface area (TPSA) is 151 Å². The number of halogens is 3. The number of nitrogens with zero attached hydrogens (tertiary/aromatic N) is 6. The van der Waals surface area contributed by atoms with Gasteiger partial charge in [0.25, 0.3) is 11.8 Å². The Bertz CT molecular complexity index is 2540. The smallest absolute Gasteiger partial charge is 0.374 e. The number of amides is 4. The largest absolute Gasteiger partial charge is 0.433 e. The third-order valence-corrected chi connectivity index (χ3v) is 14.2. The number of fused-ring (bicyclic) bond motifs is 4. The Labute approximate surface area is 355 Å². The Balaban J connectivity index is 0.779. The molecule has 1 saturated carbocycles. The number of benzene rings is 2. The monoisotopic (exact) mass is 854 g/mol. The lowest BCUT2D eigenvalue weighted by Gasteiger charge is -2.38. The van der Waals surface area contributed by atoms with E-state index in [0.717, 1.165) is 92.8 Å². The lowest BCUT2D eigenvalue weighted by Crippen LogP contribution is -2.44. The van der Waals surface area contributed by atoms with Gasteiger partial charge in [0.2, 0.25) is 11.8 Å². The molecule has 1 aliphatic carbocycles. The Kier molecular flexibility index (Phi) is 10.2. The summed E-state index contributed by atoms with van der Waals surface area (Å²) in [7, 11) is 1.75. The molecule has 10 rings (SSSR count). The number of ether oxygens (including phenoxy) is 1. The van der Waals surface area contributed by atoms with Gasteiger partial charge in [0, 0.05) is 44.7 Å². The lowest BCUT2D eigenvalue weighted by molar-refractivity contribution is -0.141. The summed E-state index contributed by atoms with van der Waals surface area (Å²) in [6, 6.07) is 12.3. The first-order valence-corrected chi connectivity index (χ1v) is 21.8. The zero-order chi connectivity index (χ0) is 43.0. The van der Waals surface area contributed by atoms with E-state index in [1.165, 1.54) is 12.1 Å². The third-order valence-electron chi connectivity index (χ3n) is 14.2. The number of morpholine rings is 1. The minimum Gasteiger partial charge on any atom is -0.374 e. The molecule has 62 heavy (non-hydrogen) atoms. The van der Waals surface area contributed by atoms with E-state index in [9.17, 15) is 37.1 Å². The van der Waals surface area contributed by atoms with Crippen molar-refractivity contribution in [2.75, 3.05) is 43.0 Å². The van der Waals surface area contributed by atoms with Crippen molar-refractivity contribution in [2.45, 2.75) is 101 Å². The van der Waals surface area contributed by atoms with Crippen LogP contribution in [0.2, 0.25) is 0 Å². The van der Waals surface area contributed by atoms with E-state index in [0.29, 0.717) is 49.0 Å². The van der Waals surface area contributed by atoms with Gasteiger partial charge in [-0.3, -0.25) is 33.6 Å². The molecule has 6 aliphatic rings. The Morgan fingerprint density at radius 3 is 2.42 bits per heavy atom. The van der Waals surface area contributed by atoms with Crippen LogP contribution >= 0.6 is 0 Å². The summed E-state index contributed by atoms with van der Waals surface area (Å²) in [6.07, 6.45) is 2.30. The maximum atomic E-state index is 14.1. The summed E-state index contributed by atoms with van der Waals surface area (Å²) in [4.78, 5) is 75.8. The van der Waals surface area contributed by atoms with Crippen LogP contribution in [0, 0.1) is 5.92 Å². The van der Waals surface area contributed by atoms with Crippen LogP contribution in [-0.2, 0) is 34.1 Å². The average Bonchev–Trinajstić information content (AvgIpc) is 4.04. The van der Waals surface area contributed by atoms with E-state index in [2.05, 4.69) is 31.5 Å². The van der Waals surface area contributed by atoms with Crippen LogP contribution in [-0.4, -0.2) is 98.5 Å². The maximum absolute atomic E-state index is 14.1. The molecule has 5 fully saturated rings. The van der Waals surface area contributed by atoms with Gasteiger partial charge in [0.15, 0.2) is 0 Å². The first-order chi connectivity index (χ1) is 29.8. The number of para-hydroxylation sites is 1. The van der Waals surface area contributed by atoms with Gasteiger partial charge in [-0.05, 0) is 118 Å². The highest BCUT2D eigenvalue weighted by Gasteiger charge is 2.43. The molecule has 14 nitrogen and oxygen atoms in total. The molecule has 2 aromatic carbocycles. The van der Waals surface area contributed by atoms with Crippen molar-refractivity contribution in [3.63, 3.8) is 0 Å². The first kappa shape index (κ1) is 40.5. The van der Waals surface area contributed by atoms with Gasteiger partial charge in [0.05, 0.1) is 41.2 Å². The highest BCUT2D eigenvalue weighted by Crippen LogP contribution is 2.43. The van der Waals surface area contributed by atoms with Crippen molar-refractivity contribution in [3.8, 4) is 0 Å². The molecule has 0 radical (unpaired) electrons. The zero-order valence-electron chi connectivity index (χ0n) is 34.5. The number of pyridine rings is 1. The van der Waals surface area contributed by atoms with Gasteiger partial charge < -0.3 is 24.8 Å². The molecule has 0 spiro atoms. The molecule has 4 amide bonds. The molecule has 2 bridgehead atoms. The number of aromatic nitrogens is 3. The normalized spacial score (nSPS) is 25.8. The average molecular weight is 855 g/mol. The number of aryl methyl sites for hydroxylation is 1. The molecule has 4 saturated heterocycles. The molecule has 2 N–H and O–H groups in total. The Morgan fingerprint density at radius 1 is 0.935 bits per heavy atom. The van der Waals surface area contributed by atoms with Gasteiger partial charge in [-0.15, -0.1) is 0 Å². The number of nitrogens with one attached hydrogen (secondary N) is 2. The predicted octanol–water partition coefficient (Wildman–Crippen LogP) is 5.36. The van der Waals surface area contributed by atoms with E-state index >= 15 is 0 Å². The standard InChI is InChI=1S/C45H49F3N8O6/c1-52-40-31(4-2-6-35(40)56(44(52)61)36-12-13-39(57)51-42(36)59)26-14-16-53(17-15-26)21-25-8-10-28(11-9-25)55-22-27-18-34(50-41(58)33-5-3-7-38(49-33)45(46,47)48)37(20-32(27)43(55)60)54-23-30-19-29(54)24-62-30/h2-7,18,20,25-26,28-30,36H,8-17,19,21-24H2,1H3,(H,50,58)(H,51,57,59)/t25?,28?,29-,30-,36?/m0/s1. The predicted molar refractivity (Wildman–Crippen MR) is 222 cm³/mol. The number of imidazole rings is 1. The van der Waals surface area contributed by atoms with E-state index in [4.69, 9.17) is 4.74 Å². The highest BCUT2D eigenvalue weighted by molar-refractivity contribution is 6.07. The number of imide groups is 1. The highest BCUT2D eigenvalue weighted by atomic mass is 19.4. The number of carbonyl (C=O) groups is 4. The van der Waals surface area contributed by atoms with Gasteiger partial charge in [0.1, 0.15) is 17.4 Å². The van der Waals surface area contributed by atoms with Crippen molar-refractivity contribution < 1.29 is 37.1 Å². The fraction of sp³-hybridized carbons (Fsp3) is 0.511. The SMILES string of the molecule is Cn1c(=O)n(C2CCC(=O)NC2=O)c2cccc(C3CCN(CC4CCC(N5Cc6cc(NC(=O)c7cccc(C(F)(F)F)n7)c(N7C[C@@H]8C[C@H]7CO8)cc6C5=O)CC4)CC3)c21. The molecule has 5 aliphatic heterocycles. The number of carbonyl (C=O) groups excluding carboxylic acids is 4. The molecule has 7 heterocycles. The van der Waals surface area contributed by atoms with Crippen LogP contribution in [0.3, 0.4) is 0 Å². The second-order valence-corrected chi connectivity index (χ2v) is 18.0. The summed E-state index contributed by atoms with van der Waals surface area (Å²) in [5.41, 5.74) is 3.40. The number of hydrogen-bond donors (Lipinski definition) is 2.